The van der Waals surface area contributed by atoms with Crippen molar-refractivity contribution in [2.45, 2.75) is 30.7 Å². The maximum absolute atomic E-state index is 13.2. The van der Waals surface area contributed by atoms with Gasteiger partial charge in [0.25, 0.3) is 10.0 Å². The Labute approximate surface area is 207 Å². The third-order valence-electron chi connectivity index (χ3n) is 5.24. The van der Waals surface area contributed by atoms with Crippen LogP contribution in [0.4, 0.5) is 10.1 Å². The Bertz CT molecular complexity index is 1410. The lowest BCUT2D eigenvalue weighted by Crippen LogP contribution is -2.16. The predicted octanol–water partition coefficient (Wildman–Crippen LogP) is 6.19. The van der Waals surface area contributed by atoms with E-state index in [0.29, 0.717) is 22.8 Å². The molecular formula is C24H22Cl2FN3O3S. The Hall–Kier alpha value is -2.65. The molecule has 0 amide bonds. The zero-order valence-corrected chi connectivity index (χ0v) is 20.4. The van der Waals surface area contributed by atoms with Crippen molar-refractivity contribution >= 4 is 49.9 Å². The average molecular weight is 522 g/mol. The van der Waals surface area contributed by atoms with E-state index in [2.05, 4.69) is 15.2 Å². The van der Waals surface area contributed by atoms with Gasteiger partial charge in [-0.05, 0) is 73.8 Å². The van der Waals surface area contributed by atoms with E-state index < -0.39 is 10.0 Å². The molecule has 3 aromatic carbocycles. The molecule has 178 valence electrons. The van der Waals surface area contributed by atoms with Gasteiger partial charge in [0, 0.05) is 23.7 Å². The molecule has 0 spiro atoms. The Balaban J connectivity index is 1.25. The second-order valence-corrected chi connectivity index (χ2v) is 10.3. The maximum Gasteiger partial charge on any atom is 0.261 e. The lowest BCUT2D eigenvalue weighted by Gasteiger charge is -2.11. The Morgan fingerprint density at radius 2 is 1.82 bits per heavy atom. The van der Waals surface area contributed by atoms with Gasteiger partial charge in [-0.1, -0.05) is 40.5 Å². The van der Waals surface area contributed by atoms with Crippen molar-refractivity contribution in [3.05, 3.63) is 87.8 Å². The summed E-state index contributed by atoms with van der Waals surface area (Å²) in [5, 5.41) is 8.71. The van der Waals surface area contributed by atoms with Crippen LogP contribution >= 0.6 is 23.2 Å². The number of hydrogen-bond donors (Lipinski definition) is 2. The number of sulfonamides is 1. The van der Waals surface area contributed by atoms with Gasteiger partial charge in [-0.2, -0.15) is 0 Å². The highest BCUT2D eigenvalue weighted by Gasteiger charge is 2.16. The summed E-state index contributed by atoms with van der Waals surface area (Å²) in [5.74, 6) is -0.342. The van der Waals surface area contributed by atoms with Gasteiger partial charge in [0.2, 0.25) is 0 Å². The summed E-state index contributed by atoms with van der Waals surface area (Å²) in [7, 11) is -3.79. The van der Waals surface area contributed by atoms with E-state index >= 15 is 0 Å². The molecule has 34 heavy (non-hydrogen) atoms. The molecule has 2 N–H and O–H groups in total. The van der Waals surface area contributed by atoms with E-state index in [9.17, 15) is 12.8 Å². The van der Waals surface area contributed by atoms with Gasteiger partial charge in [-0.25, -0.2) is 12.8 Å². The minimum atomic E-state index is -3.79. The monoisotopic (exact) mass is 521 g/mol. The number of unbranched alkanes of at least 4 members (excludes halogenated alkanes) is 1. The zero-order valence-electron chi connectivity index (χ0n) is 18.0. The van der Waals surface area contributed by atoms with Crippen LogP contribution in [0, 0.1) is 5.82 Å². The molecule has 6 nitrogen and oxygen atoms in total. The highest BCUT2D eigenvalue weighted by atomic mass is 35.5. The van der Waals surface area contributed by atoms with Crippen LogP contribution in [-0.2, 0) is 23.0 Å². The minimum Gasteiger partial charge on any atom is -0.356 e. The fraction of sp³-hybridized carbons (Fsp3) is 0.208. The number of hydrogen-bond acceptors (Lipinski definition) is 5. The first-order valence-corrected chi connectivity index (χ1v) is 12.9. The van der Waals surface area contributed by atoms with Crippen LogP contribution in [-0.4, -0.2) is 20.1 Å². The fourth-order valence-electron chi connectivity index (χ4n) is 3.52. The standard InChI is InChI=1S/C24H22Cl2FN3O3S/c25-21-10-8-19(14-22(21)26)34(31,32)30-18-5-3-4-16(12-18)15-28-11-2-1-6-23-20-9-7-17(27)13-24(20)33-29-23/h3-5,7-10,12-14,28,30H,1-2,6,11,15H2. The van der Waals surface area contributed by atoms with Gasteiger partial charge in [-0.15, -0.1) is 0 Å². The van der Waals surface area contributed by atoms with Crippen LogP contribution in [0.15, 0.2) is 70.1 Å². The second-order valence-electron chi connectivity index (χ2n) is 7.79. The van der Waals surface area contributed by atoms with Crippen LogP contribution in [0.25, 0.3) is 11.0 Å². The highest BCUT2D eigenvalue weighted by Crippen LogP contribution is 2.26. The Morgan fingerprint density at radius 1 is 0.971 bits per heavy atom. The molecule has 0 aliphatic carbocycles. The molecule has 1 heterocycles. The SMILES string of the molecule is O=S(=O)(Nc1cccc(CNCCCCc2noc3cc(F)ccc23)c1)c1ccc(Cl)c(Cl)c1. The largest absolute Gasteiger partial charge is 0.356 e. The topological polar surface area (TPSA) is 84.2 Å². The number of aryl methyl sites for hydroxylation is 1. The van der Waals surface area contributed by atoms with Crippen molar-refractivity contribution in [2.24, 2.45) is 0 Å². The molecular weight excluding hydrogens is 500 g/mol. The summed E-state index contributed by atoms with van der Waals surface area (Å²) in [5.41, 5.74) is 2.69. The first-order valence-electron chi connectivity index (χ1n) is 10.6. The lowest BCUT2D eigenvalue weighted by atomic mass is 10.1. The van der Waals surface area contributed by atoms with E-state index in [1.54, 1.807) is 24.3 Å². The van der Waals surface area contributed by atoms with Crippen LogP contribution in [0.2, 0.25) is 10.0 Å². The molecule has 0 unspecified atom stereocenters. The number of rotatable bonds is 10. The average Bonchev–Trinajstić information content (AvgIpc) is 3.19. The van der Waals surface area contributed by atoms with E-state index in [4.69, 9.17) is 27.7 Å². The maximum atomic E-state index is 13.2. The number of anilines is 1. The van der Waals surface area contributed by atoms with Crippen molar-refractivity contribution in [2.75, 3.05) is 11.3 Å². The van der Waals surface area contributed by atoms with Crippen LogP contribution in [0.1, 0.15) is 24.1 Å². The molecule has 0 saturated heterocycles. The van der Waals surface area contributed by atoms with E-state index in [1.807, 2.05) is 6.07 Å². The molecule has 0 aliphatic heterocycles. The molecule has 0 bridgehead atoms. The molecule has 1 aromatic heterocycles. The van der Waals surface area contributed by atoms with Gasteiger partial charge in [0.15, 0.2) is 5.58 Å². The summed E-state index contributed by atoms with van der Waals surface area (Å²) in [4.78, 5) is 0.0375. The summed E-state index contributed by atoms with van der Waals surface area (Å²) in [6.45, 7) is 1.37. The number of nitrogens with zero attached hydrogens (tertiary/aromatic N) is 1. The van der Waals surface area contributed by atoms with Crippen molar-refractivity contribution in [1.82, 2.24) is 10.5 Å². The molecule has 0 atom stereocenters. The molecule has 0 saturated carbocycles. The molecule has 10 heteroatoms. The van der Waals surface area contributed by atoms with Gasteiger partial charge in [0.05, 0.1) is 20.6 Å². The molecule has 4 rings (SSSR count). The van der Waals surface area contributed by atoms with Crippen LogP contribution < -0.4 is 10.0 Å². The first kappa shape index (κ1) is 24.5. The van der Waals surface area contributed by atoms with Gasteiger partial charge in [-0.3, -0.25) is 4.72 Å². The number of benzene rings is 3. The molecule has 0 aliphatic rings. The third-order valence-corrected chi connectivity index (χ3v) is 7.35. The normalized spacial score (nSPS) is 11.7. The lowest BCUT2D eigenvalue weighted by molar-refractivity contribution is 0.442. The van der Waals surface area contributed by atoms with E-state index in [-0.39, 0.29) is 15.7 Å². The van der Waals surface area contributed by atoms with Crippen molar-refractivity contribution in [3.8, 4) is 0 Å². The van der Waals surface area contributed by atoms with E-state index in [0.717, 1.165) is 42.5 Å². The summed E-state index contributed by atoms with van der Waals surface area (Å²) in [6.07, 6.45) is 2.56. The van der Waals surface area contributed by atoms with Crippen LogP contribution in [0.3, 0.4) is 0 Å². The quantitative estimate of drug-likeness (QED) is 0.243. The zero-order chi connectivity index (χ0) is 24.1. The smallest absolute Gasteiger partial charge is 0.261 e. The fourth-order valence-corrected chi connectivity index (χ4v) is 4.96. The van der Waals surface area contributed by atoms with Crippen molar-refractivity contribution in [1.29, 1.82) is 0 Å². The number of fused-ring (bicyclic) bond motifs is 1. The second kappa shape index (κ2) is 10.7. The summed E-state index contributed by atoms with van der Waals surface area (Å²) < 4.78 is 46.3. The predicted molar refractivity (Wildman–Crippen MR) is 132 cm³/mol. The highest BCUT2D eigenvalue weighted by molar-refractivity contribution is 7.92. The number of nitrogens with one attached hydrogen (secondary N) is 2. The molecule has 0 fully saturated rings. The van der Waals surface area contributed by atoms with Gasteiger partial charge >= 0.3 is 0 Å². The Kier molecular flexibility index (Phi) is 7.73. The first-order chi connectivity index (χ1) is 16.3. The Morgan fingerprint density at radius 3 is 2.65 bits per heavy atom. The summed E-state index contributed by atoms with van der Waals surface area (Å²) in [6, 6.07) is 15.8. The van der Waals surface area contributed by atoms with Crippen molar-refractivity contribution < 1.29 is 17.3 Å². The third kappa shape index (κ3) is 6.07. The van der Waals surface area contributed by atoms with Crippen LogP contribution in [0.5, 0.6) is 0 Å². The number of aromatic nitrogens is 1. The molecule has 0 radical (unpaired) electrons. The van der Waals surface area contributed by atoms with Gasteiger partial charge < -0.3 is 9.84 Å². The molecule has 4 aromatic rings. The van der Waals surface area contributed by atoms with E-state index in [1.165, 1.54) is 30.3 Å². The summed E-state index contributed by atoms with van der Waals surface area (Å²) >= 11 is 11.8. The minimum absolute atomic E-state index is 0.0375. The van der Waals surface area contributed by atoms with Gasteiger partial charge in [0.1, 0.15) is 5.82 Å². The van der Waals surface area contributed by atoms with Crippen molar-refractivity contribution in [3.63, 3.8) is 0 Å². The number of halogens is 3.